The molecule has 1 aliphatic rings. The molecule has 0 spiro atoms. The monoisotopic (exact) mass is 670 g/mol. The number of aliphatic hydroxyl groups excluding tert-OH is 1. The van der Waals surface area contributed by atoms with Gasteiger partial charge < -0.3 is 24.8 Å². The topological polar surface area (TPSA) is 104 Å². The summed E-state index contributed by atoms with van der Waals surface area (Å²) < 4.78 is 12.8. The zero-order chi connectivity index (χ0) is 33.2. The molecule has 2 N–H and O–H groups in total. The van der Waals surface area contributed by atoms with Gasteiger partial charge in [0.2, 0.25) is 0 Å². The first kappa shape index (κ1) is 35.6. The normalized spacial score (nSPS) is 20.4. The van der Waals surface area contributed by atoms with E-state index in [2.05, 4.69) is 22.1 Å². The first-order valence-corrected chi connectivity index (χ1v) is 16.5. The number of likely N-dealkylation sites (N-methyl/N-ethyl adjacent to an activating group) is 1. The quantitative estimate of drug-likeness (QED) is 0.279. The molecule has 1 aromatic heterocycles. The van der Waals surface area contributed by atoms with Crippen LogP contribution in [0.25, 0.3) is 0 Å². The predicted molar refractivity (Wildman–Crippen MR) is 182 cm³/mol. The lowest BCUT2D eigenvalue weighted by atomic mass is 10.0. The fourth-order valence-electron chi connectivity index (χ4n) is 5.49. The highest BCUT2D eigenvalue weighted by molar-refractivity contribution is 6.42. The van der Waals surface area contributed by atoms with Crippen LogP contribution in [0.5, 0.6) is 5.75 Å². The number of hydrogen-bond donors (Lipinski definition) is 2. The van der Waals surface area contributed by atoms with Crippen molar-refractivity contribution in [2.45, 2.75) is 64.8 Å². The van der Waals surface area contributed by atoms with E-state index in [-0.39, 0.29) is 36.5 Å². The molecule has 0 aliphatic carbocycles. The Morgan fingerprint density at radius 2 is 1.87 bits per heavy atom. The van der Waals surface area contributed by atoms with Crippen LogP contribution in [0.4, 0.5) is 5.69 Å². The van der Waals surface area contributed by atoms with E-state index in [0.717, 1.165) is 24.8 Å². The Labute approximate surface area is 281 Å². The third-order valence-electron chi connectivity index (χ3n) is 8.18. The number of rotatable bonds is 8. The number of pyridine rings is 1. The average molecular weight is 672 g/mol. The molecule has 4 rings (SSSR count). The van der Waals surface area contributed by atoms with E-state index in [1.54, 1.807) is 53.7 Å². The van der Waals surface area contributed by atoms with Gasteiger partial charge in [-0.25, -0.2) is 0 Å². The molecule has 46 heavy (non-hydrogen) atoms. The Kier molecular flexibility index (Phi) is 13.2. The summed E-state index contributed by atoms with van der Waals surface area (Å²) in [5, 5.41) is 14.1. The molecule has 3 aromatic rings. The van der Waals surface area contributed by atoms with Crippen LogP contribution in [0.15, 0.2) is 60.9 Å². The van der Waals surface area contributed by atoms with Crippen molar-refractivity contribution in [3.05, 3.63) is 87.7 Å². The van der Waals surface area contributed by atoms with Crippen LogP contribution >= 0.6 is 23.2 Å². The summed E-state index contributed by atoms with van der Waals surface area (Å²) in [5.74, 6) is -0.247. The summed E-state index contributed by atoms with van der Waals surface area (Å²) in [6, 6.07) is 13.5. The van der Waals surface area contributed by atoms with Gasteiger partial charge in [0.1, 0.15) is 5.75 Å². The van der Waals surface area contributed by atoms with Gasteiger partial charge in [-0.2, -0.15) is 0 Å². The Morgan fingerprint density at radius 1 is 1.11 bits per heavy atom. The number of amides is 2. The van der Waals surface area contributed by atoms with Crippen LogP contribution in [0, 0.1) is 5.92 Å². The Balaban J connectivity index is 1.60. The zero-order valence-electron chi connectivity index (χ0n) is 26.9. The van der Waals surface area contributed by atoms with Gasteiger partial charge in [0.05, 0.1) is 40.5 Å². The number of fused-ring (bicyclic) bond motifs is 1. The highest BCUT2D eigenvalue weighted by atomic mass is 35.5. The first-order valence-electron chi connectivity index (χ1n) is 15.7. The summed E-state index contributed by atoms with van der Waals surface area (Å²) in [4.78, 5) is 35.1. The number of ether oxygens (including phenoxy) is 2. The summed E-state index contributed by atoms with van der Waals surface area (Å²) in [5.41, 5.74) is 2.26. The number of nitrogens with zero attached hydrogens (tertiary/aromatic N) is 3. The molecular formula is C35H44Cl2N4O5. The highest BCUT2D eigenvalue weighted by Crippen LogP contribution is 2.29. The van der Waals surface area contributed by atoms with E-state index in [1.807, 2.05) is 33.0 Å². The second-order valence-corrected chi connectivity index (χ2v) is 13.0. The van der Waals surface area contributed by atoms with E-state index in [0.29, 0.717) is 58.9 Å². The van der Waals surface area contributed by atoms with Gasteiger partial charge in [0.25, 0.3) is 11.8 Å². The van der Waals surface area contributed by atoms with Crippen molar-refractivity contribution < 1.29 is 24.2 Å². The SMILES string of the molecule is C[C@@H]1CCCCO[C@H](CN(C)Cc2ccc(Cl)c(Cl)c2)[C@@H](C)CN([C@H](C)CO)C(=O)c2cc(NC(=O)c3ccncc3)ccc2O1. The van der Waals surface area contributed by atoms with Gasteiger partial charge in [-0.05, 0) is 88.2 Å². The Hall–Kier alpha value is -3.21. The molecule has 4 atom stereocenters. The smallest absolute Gasteiger partial charge is 0.258 e. The summed E-state index contributed by atoms with van der Waals surface area (Å²) in [6.45, 7) is 7.85. The molecule has 11 heteroatoms. The average Bonchev–Trinajstić information content (AvgIpc) is 3.04. The highest BCUT2D eigenvalue weighted by Gasteiger charge is 2.30. The van der Waals surface area contributed by atoms with Crippen LogP contribution in [0.1, 0.15) is 66.3 Å². The molecule has 9 nitrogen and oxygen atoms in total. The molecule has 1 aliphatic heterocycles. The maximum atomic E-state index is 14.3. The van der Waals surface area contributed by atoms with Crippen molar-refractivity contribution in [1.29, 1.82) is 0 Å². The van der Waals surface area contributed by atoms with Crippen LogP contribution in [-0.2, 0) is 11.3 Å². The number of carbonyl (C=O) groups is 2. The number of aromatic nitrogens is 1. The van der Waals surface area contributed by atoms with Gasteiger partial charge in [0.15, 0.2) is 0 Å². The summed E-state index contributed by atoms with van der Waals surface area (Å²) in [6.07, 6.45) is 5.32. The van der Waals surface area contributed by atoms with Crippen LogP contribution in [0.2, 0.25) is 10.0 Å². The number of halogens is 2. The van der Waals surface area contributed by atoms with Crippen LogP contribution in [0.3, 0.4) is 0 Å². The molecular weight excluding hydrogens is 627 g/mol. The minimum atomic E-state index is -0.474. The largest absolute Gasteiger partial charge is 0.490 e. The number of hydrogen-bond acceptors (Lipinski definition) is 7. The van der Waals surface area contributed by atoms with E-state index >= 15 is 0 Å². The maximum absolute atomic E-state index is 14.3. The van der Waals surface area contributed by atoms with Gasteiger partial charge in [-0.3, -0.25) is 19.5 Å². The molecule has 2 aromatic carbocycles. The van der Waals surface area contributed by atoms with E-state index in [4.69, 9.17) is 32.7 Å². The maximum Gasteiger partial charge on any atom is 0.258 e. The summed E-state index contributed by atoms with van der Waals surface area (Å²) in [7, 11) is 2.03. The van der Waals surface area contributed by atoms with Crippen molar-refractivity contribution in [3.63, 3.8) is 0 Å². The van der Waals surface area contributed by atoms with Gasteiger partial charge in [-0.15, -0.1) is 0 Å². The number of anilines is 1. The lowest BCUT2D eigenvalue weighted by Crippen LogP contribution is -2.47. The van der Waals surface area contributed by atoms with E-state index in [9.17, 15) is 14.7 Å². The van der Waals surface area contributed by atoms with Crippen molar-refractivity contribution in [2.75, 3.05) is 38.7 Å². The first-order chi connectivity index (χ1) is 22.0. The van der Waals surface area contributed by atoms with Crippen molar-refractivity contribution in [1.82, 2.24) is 14.8 Å². The second-order valence-electron chi connectivity index (χ2n) is 12.1. The molecule has 0 unspecified atom stereocenters. The van der Waals surface area contributed by atoms with Crippen LogP contribution < -0.4 is 10.1 Å². The minimum absolute atomic E-state index is 0.0741. The number of benzene rings is 2. The van der Waals surface area contributed by atoms with Gasteiger partial charge in [0, 0.05) is 55.8 Å². The second kappa shape index (κ2) is 17.1. The van der Waals surface area contributed by atoms with Gasteiger partial charge >= 0.3 is 0 Å². The fourth-order valence-corrected chi connectivity index (χ4v) is 5.81. The molecule has 0 saturated heterocycles. The van der Waals surface area contributed by atoms with Crippen LogP contribution in [-0.4, -0.2) is 83.3 Å². The Morgan fingerprint density at radius 3 is 2.59 bits per heavy atom. The minimum Gasteiger partial charge on any atom is -0.490 e. The third-order valence-corrected chi connectivity index (χ3v) is 8.92. The van der Waals surface area contributed by atoms with Crippen molar-refractivity contribution in [2.24, 2.45) is 5.92 Å². The molecule has 0 radical (unpaired) electrons. The van der Waals surface area contributed by atoms with E-state index in [1.165, 1.54) is 0 Å². The number of nitrogens with one attached hydrogen (secondary N) is 1. The number of carbonyl (C=O) groups excluding carboxylic acids is 2. The molecule has 0 fully saturated rings. The number of aliphatic hydroxyl groups is 1. The molecule has 0 bridgehead atoms. The summed E-state index contributed by atoms with van der Waals surface area (Å²) >= 11 is 12.4. The van der Waals surface area contributed by atoms with Gasteiger partial charge in [-0.1, -0.05) is 36.2 Å². The predicted octanol–water partition coefficient (Wildman–Crippen LogP) is 6.57. The standard InChI is InChI=1S/C35H44Cl2N4O5/c1-23-19-41(24(2)22-42)35(44)29-18-28(39-34(43)27-12-14-38-15-13-27)9-11-32(29)46-25(3)7-5-6-16-45-33(23)21-40(4)20-26-8-10-30(36)31(37)17-26/h8-15,17-18,23-25,33,42H,5-7,16,19-22H2,1-4H3,(H,39,43)/t23-,24+,25+,33+/m0/s1. The van der Waals surface area contributed by atoms with Crippen molar-refractivity contribution >= 4 is 40.7 Å². The molecule has 248 valence electrons. The lowest BCUT2D eigenvalue weighted by Gasteiger charge is -2.36. The zero-order valence-corrected chi connectivity index (χ0v) is 28.4. The molecule has 2 amide bonds. The Bertz CT molecular complexity index is 1460. The third kappa shape index (κ3) is 9.89. The lowest BCUT2D eigenvalue weighted by molar-refractivity contribution is -0.0177. The van der Waals surface area contributed by atoms with E-state index < -0.39 is 6.04 Å². The van der Waals surface area contributed by atoms with Crippen molar-refractivity contribution in [3.8, 4) is 5.75 Å². The fraction of sp³-hybridized carbons (Fsp3) is 0.457. The molecule has 0 saturated carbocycles. The molecule has 2 heterocycles.